The Morgan fingerprint density at radius 1 is 0.389 bits per heavy atom. The number of rotatable bonds is 35. The van der Waals surface area contributed by atoms with Crippen LogP contribution in [0, 0.1) is 53.3 Å². The first kappa shape index (κ1) is 92.1. The minimum absolute atomic E-state index is 0.0151. The second-order valence-electron chi connectivity index (χ2n) is 32.2. The van der Waals surface area contributed by atoms with E-state index in [1.807, 2.05) is 89.3 Å². The first-order valence-corrected chi connectivity index (χ1v) is 40.8. The van der Waals surface area contributed by atoms with E-state index in [1.165, 1.54) is 26.5 Å². The Balaban J connectivity index is 0.831. The van der Waals surface area contributed by atoms with Crippen LogP contribution >= 0.6 is 0 Å². The van der Waals surface area contributed by atoms with Gasteiger partial charge < -0.3 is 110 Å². The molecule has 8 saturated heterocycles. The van der Waals surface area contributed by atoms with Gasteiger partial charge in [0.2, 0.25) is 0 Å². The van der Waals surface area contributed by atoms with Crippen LogP contribution in [0.2, 0.25) is 0 Å². The number of nitrogens with zero attached hydrogens (tertiary/aromatic N) is 9. The van der Waals surface area contributed by atoms with E-state index in [4.69, 9.17) is 104 Å². The summed E-state index contributed by atoms with van der Waals surface area (Å²) in [6.07, 6.45) is -14.7. The van der Waals surface area contributed by atoms with Crippen LogP contribution in [0.15, 0.2) is 45.7 Å². The number of ether oxygens (including phenoxy) is 22. The lowest BCUT2D eigenvalue weighted by molar-refractivity contribution is -0.370. The van der Waals surface area contributed by atoms with Crippen LogP contribution in [0.1, 0.15) is 155 Å². The summed E-state index contributed by atoms with van der Waals surface area (Å²) in [5.74, 6) is -4.53. The molecule has 1 aromatic rings. The van der Waals surface area contributed by atoms with Crippen molar-refractivity contribution in [1.82, 2.24) is 5.32 Å². The Kier molecular flexibility index (Phi) is 35.3. The summed E-state index contributed by atoms with van der Waals surface area (Å²) in [6, 6.07) is 7.47. The van der Waals surface area contributed by atoms with Crippen LogP contribution in [-0.2, 0) is 120 Å². The standard InChI is InChI=1S/C79H130N10O24/c1-23-53-62(38(4)57(83-18)76(103-53)96-34-30-26-29-33-52-31-27-25-28-32-52)107-73-43(9)66(93-20)69(47(13)100-73)111-77-58(84-87-80)39(5)63(54(24-2)104-77)108-74-44(10)67(94-21)70(48(14)101-74)112-79-60(86-89-82)41(7)65(56(106-79)36-98-51(17)91)110-75-45(11)68(95-22)71(49(15)102-75)113-78-59(85-88-81)40(6)64(55(105-78)35-97-50(16)90)109-72-42(8)61(92-19)37(3)46(12)99-72/h25,27-28,31-32,37-49,53-79,83H,23-24,26,29-30,33-36H2,1-22H3/t37-,38-,39-,40-,41-,42+,43+,44+,45+,46?,47?,48?,49?,53?,54?,55?,56?,57?,58?,59?,60?,61?,62+,63+,64+,65+,66?,67?,68?,69+,70-,71+,72+,73+,74+,75+,76-,77-,78+,79-/m1/s1. The molecule has 8 aliphatic heterocycles. The molecule has 34 nitrogen and oxygen atoms in total. The number of hydrogen-bond acceptors (Lipinski definition) is 28. The third-order valence-electron chi connectivity index (χ3n) is 24.8. The highest BCUT2D eigenvalue weighted by atomic mass is 16.8. The summed E-state index contributed by atoms with van der Waals surface area (Å²) in [5, 5.41) is 16.2. The molecule has 8 aliphatic rings. The Labute approximate surface area is 666 Å². The number of hydrogen-bond donors (Lipinski definition) is 1. The van der Waals surface area contributed by atoms with E-state index in [1.54, 1.807) is 28.3 Å². The maximum absolute atomic E-state index is 12.6. The number of likely N-dealkylation sites (N-methyl/N-ethyl adjacent to an activating group) is 1. The normalized spacial score (nSPS) is 44.2. The Morgan fingerprint density at radius 2 is 0.726 bits per heavy atom. The van der Waals surface area contributed by atoms with Crippen molar-refractivity contribution in [3.05, 3.63) is 67.2 Å². The maximum Gasteiger partial charge on any atom is 0.302 e. The van der Waals surface area contributed by atoms with E-state index in [9.17, 15) is 26.2 Å². The molecule has 1 aromatic carbocycles. The van der Waals surface area contributed by atoms with Gasteiger partial charge in [0.1, 0.15) is 43.7 Å². The number of carbonyl (C=O) groups excluding carboxylic acids is 2. The molecule has 0 spiro atoms. The zero-order valence-electron chi connectivity index (χ0n) is 70.2. The minimum Gasteiger partial charge on any atom is -0.463 e. The van der Waals surface area contributed by atoms with Gasteiger partial charge in [-0.05, 0) is 107 Å². The van der Waals surface area contributed by atoms with Crippen LogP contribution in [0.3, 0.4) is 0 Å². The fourth-order valence-corrected chi connectivity index (χ4v) is 18.1. The van der Waals surface area contributed by atoms with Gasteiger partial charge in [-0.2, -0.15) is 0 Å². The monoisotopic (exact) mass is 1600 g/mol. The molecular formula is C79H130N10O24. The number of aryl methyl sites for hydroxylation is 1. The van der Waals surface area contributed by atoms with Crippen LogP contribution < -0.4 is 5.32 Å². The molecule has 0 amide bonds. The molecule has 640 valence electrons. The lowest BCUT2D eigenvalue weighted by Gasteiger charge is -2.52. The number of azide groups is 3. The van der Waals surface area contributed by atoms with Crippen LogP contribution in [0.25, 0.3) is 31.3 Å². The van der Waals surface area contributed by atoms with E-state index < -0.39 is 202 Å². The maximum atomic E-state index is 12.6. The van der Waals surface area contributed by atoms with Gasteiger partial charge in [0.25, 0.3) is 0 Å². The van der Waals surface area contributed by atoms with Crippen molar-refractivity contribution >= 4 is 11.9 Å². The molecule has 34 heteroatoms. The second-order valence-corrected chi connectivity index (χ2v) is 32.2. The molecule has 0 aliphatic carbocycles. The average Bonchev–Trinajstić information content (AvgIpc) is 0.769. The molecule has 0 saturated carbocycles. The molecule has 16 unspecified atom stereocenters. The number of carbonyl (C=O) groups is 2. The van der Waals surface area contributed by atoms with Crippen molar-refractivity contribution in [2.24, 2.45) is 68.6 Å². The van der Waals surface area contributed by atoms with Gasteiger partial charge in [-0.25, -0.2) is 0 Å². The van der Waals surface area contributed by atoms with Gasteiger partial charge in [-0.1, -0.05) is 128 Å². The van der Waals surface area contributed by atoms with Gasteiger partial charge in [-0.3, -0.25) is 9.59 Å². The lowest BCUT2D eigenvalue weighted by Crippen LogP contribution is -2.64. The highest BCUT2D eigenvalue weighted by Crippen LogP contribution is 2.46. The second kappa shape index (κ2) is 43.3. The number of methoxy groups -OCH3 is 4. The van der Waals surface area contributed by atoms with Crippen molar-refractivity contribution in [1.29, 1.82) is 0 Å². The molecule has 113 heavy (non-hydrogen) atoms. The number of unbranched alkanes of at least 4 members (excludes halogenated alkanes) is 2. The zero-order chi connectivity index (χ0) is 82.2. The smallest absolute Gasteiger partial charge is 0.302 e. The number of benzene rings is 1. The molecule has 40 atom stereocenters. The van der Waals surface area contributed by atoms with Crippen molar-refractivity contribution in [2.45, 2.75) is 347 Å². The molecule has 8 heterocycles. The summed E-state index contributed by atoms with van der Waals surface area (Å²) >= 11 is 0. The van der Waals surface area contributed by atoms with Crippen molar-refractivity contribution in [3.8, 4) is 0 Å². The molecule has 0 bridgehead atoms. The van der Waals surface area contributed by atoms with Gasteiger partial charge in [0.15, 0.2) is 50.3 Å². The first-order valence-electron chi connectivity index (χ1n) is 40.8. The van der Waals surface area contributed by atoms with Crippen molar-refractivity contribution in [2.75, 3.05) is 55.3 Å². The predicted molar refractivity (Wildman–Crippen MR) is 407 cm³/mol. The van der Waals surface area contributed by atoms with Crippen LogP contribution in [-0.4, -0.2) is 258 Å². The number of esters is 2. The molecule has 1 N–H and O–H groups in total. The van der Waals surface area contributed by atoms with E-state index in [2.05, 4.69) is 80.4 Å². The van der Waals surface area contributed by atoms with E-state index in [0.29, 0.717) is 19.4 Å². The molecule has 0 radical (unpaired) electrons. The predicted octanol–water partition coefficient (Wildman–Crippen LogP) is 11.3. The fraction of sp³-hybridized carbons (Fsp3) is 0.899. The first-order chi connectivity index (χ1) is 54.1. The molecular weight excluding hydrogens is 1470 g/mol. The third kappa shape index (κ3) is 21.8. The average molecular weight is 1600 g/mol. The lowest BCUT2D eigenvalue weighted by atomic mass is 9.85. The highest BCUT2D eigenvalue weighted by molar-refractivity contribution is 5.66. The summed E-state index contributed by atoms with van der Waals surface area (Å²) in [4.78, 5) is 34.7. The highest BCUT2D eigenvalue weighted by Gasteiger charge is 2.58. The summed E-state index contributed by atoms with van der Waals surface area (Å²) < 4.78 is 144. The van der Waals surface area contributed by atoms with Crippen LogP contribution in [0.5, 0.6) is 0 Å². The van der Waals surface area contributed by atoms with Gasteiger partial charge in [0, 0.05) is 99.1 Å². The quantitative estimate of drug-likeness (QED) is 0.0217. The molecule has 9 rings (SSSR count). The molecule has 8 fully saturated rings. The Morgan fingerprint density at radius 3 is 1.08 bits per heavy atom. The third-order valence-corrected chi connectivity index (χ3v) is 24.8. The van der Waals surface area contributed by atoms with Crippen molar-refractivity contribution in [3.63, 3.8) is 0 Å². The van der Waals surface area contributed by atoms with Gasteiger partial charge in [0.05, 0.1) is 110 Å². The largest absolute Gasteiger partial charge is 0.463 e. The van der Waals surface area contributed by atoms with Gasteiger partial charge in [-0.15, -0.1) is 0 Å². The topological polar surface area (TPSA) is 396 Å². The van der Waals surface area contributed by atoms with Crippen molar-refractivity contribution < 1.29 is 114 Å². The Bertz CT molecular complexity index is 3240. The minimum atomic E-state index is -1.27. The fourth-order valence-electron chi connectivity index (χ4n) is 18.1. The van der Waals surface area contributed by atoms with Gasteiger partial charge >= 0.3 is 11.9 Å². The van der Waals surface area contributed by atoms with E-state index in [-0.39, 0.29) is 67.3 Å². The zero-order valence-corrected chi connectivity index (χ0v) is 70.2. The summed E-state index contributed by atoms with van der Waals surface area (Å²) in [5.41, 5.74) is 31.8. The molecule has 0 aromatic heterocycles. The van der Waals surface area contributed by atoms with Crippen LogP contribution in [0.4, 0.5) is 0 Å². The summed E-state index contributed by atoms with van der Waals surface area (Å²) in [6.45, 7) is 31.7. The summed E-state index contributed by atoms with van der Waals surface area (Å²) in [7, 11) is 8.29. The number of nitrogens with one attached hydrogen (secondary N) is 1. The van der Waals surface area contributed by atoms with E-state index in [0.717, 1.165) is 25.7 Å². The Hall–Kier alpha value is -4.75. The van der Waals surface area contributed by atoms with E-state index >= 15 is 0 Å². The SMILES string of the molecule is CCC1O[C@H](O[C@H]2C(C)O[C@@H](O[C@@H]3C(CC)O[C@@H](OCCCCCc4ccccc4)C(NC)[C@H]3C)[C@@H](C)C2OC)C(N=[N+]=[N-])[C@@H](C)[C@@H]1O[C@@H]1OC(C)[C@@H](O[C@H]2OC(COC(C)=O)[C@@H](O[C@@H]3OC(C)[C@H](O[C@@H]4OC(COC(C)=O)[C@@H](O[C@@H]5OC(C)[C@@H](C)C(OC)[C@@H]5C)[C@H](C)C4N=[N+]=[N-])C(OC)[C@@H]3C)[C@H](C)C2N=[N+]=[N-])C(OC)[C@@H]1C.